The molecule has 1 amide bonds. The average molecular weight is 378 g/mol. The zero-order chi connectivity index (χ0) is 19.7. The van der Waals surface area contributed by atoms with E-state index in [1.165, 1.54) is 0 Å². The maximum absolute atomic E-state index is 11.5. The first-order valence-electron chi connectivity index (χ1n) is 9.30. The number of rotatable bonds is 4. The van der Waals surface area contributed by atoms with Gasteiger partial charge in [-0.25, -0.2) is 4.98 Å². The molecule has 0 radical (unpaired) electrons. The second-order valence-electron chi connectivity index (χ2n) is 7.02. The van der Waals surface area contributed by atoms with Crippen LogP contribution in [0.3, 0.4) is 0 Å². The standard InChI is InChI=1S/C21H22N4O3/c1-15(26)23-7-9-24(10-8-23)17-3-2-4-18(13-17)25-14-22-19-11-16(12-21(27)28)5-6-20(19)25/h2-6,11,13-14H,7-10,12H2,1H3,(H,27,28). The number of carbonyl (C=O) groups is 2. The molecular formula is C21H22N4O3. The predicted molar refractivity (Wildman–Crippen MR) is 107 cm³/mol. The largest absolute Gasteiger partial charge is 0.481 e. The Balaban J connectivity index is 1.59. The molecule has 28 heavy (non-hydrogen) atoms. The van der Waals surface area contributed by atoms with Gasteiger partial charge in [0.25, 0.3) is 0 Å². The topological polar surface area (TPSA) is 78.7 Å². The van der Waals surface area contributed by atoms with Crippen molar-refractivity contribution in [3.8, 4) is 5.69 Å². The summed E-state index contributed by atoms with van der Waals surface area (Å²) in [6.45, 7) is 4.71. The summed E-state index contributed by atoms with van der Waals surface area (Å²) in [4.78, 5) is 31.1. The van der Waals surface area contributed by atoms with E-state index in [2.05, 4.69) is 22.0 Å². The summed E-state index contributed by atoms with van der Waals surface area (Å²) >= 11 is 0. The van der Waals surface area contributed by atoms with Crippen LogP contribution in [0, 0.1) is 0 Å². The van der Waals surface area contributed by atoms with E-state index in [9.17, 15) is 9.59 Å². The van der Waals surface area contributed by atoms with Gasteiger partial charge in [0, 0.05) is 44.5 Å². The Morgan fingerprint density at radius 1 is 1.04 bits per heavy atom. The molecule has 4 rings (SSSR count). The van der Waals surface area contributed by atoms with Crippen molar-refractivity contribution in [2.45, 2.75) is 13.3 Å². The first-order chi connectivity index (χ1) is 13.5. The number of anilines is 1. The van der Waals surface area contributed by atoms with Crippen molar-refractivity contribution in [3.05, 3.63) is 54.4 Å². The molecule has 1 saturated heterocycles. The molecule has 1 fully saturated rings. The number of imidazole rings is 1. The van der Waals surface area contributed by atoms with Crippen LogP contribution < -0.4 is 4.90 Å². The van der Waals surface area contributed by atoms with Crippen LogP contribution in [-0.2, 0) is 16.0 Å². The Kier molecular flexibility index (Phi) is 4.73. The molecule has 2 heterocycles. The highest BCUT2D eigenvalue weighted by Gasteiger charge is 2.19. The zero-order valence-electron chi connectivity index (χ0n) is 15.7. The number of carbonyl (C=O) groups excluding carboxylic acids is 1. The van der Waals surface area contributed by atoms with E-state index in [1.807, 2.05) is 39.8 Å². The quantitative estimate of drug-likeness (QED) is 0.754. The Hall–Kier alpha value is -3.35. The SMILES string of the molecule is CC(=O)N1CCN(c2cccc(-n3cnc4cc(CC(=O)O)ccc43)c2)CC1. The van der Waals surface area contributed by atoms with E-state index < -0.39 is 5.97 Å². The molecule has 0 unspecified atom stereocenters. The molecule has 144 valence electrons. The maximum atomic E-state index is 11.5. The number of amides is 1. The van der Waals surface area contributed by atoms with Crippen molar-refractivity contribution in [1.29, 1.82) is 0 Å². The van der Waals surface area contributed by atoms with Crippen LogP contribution in [0.25, 0.3) is 16.7 Å². The summed E-state index contributed by atoms with van der Waals surface area (Å²) in [6, 6.07) is 13.8. The molecule has 7 nitrogen and oxygen atoms in total. The lowest BCUT2D eigenvalue weighted by molar-refractivity contribution is -0.136. The van der Waals surface area contributed by atoms with Crippen molar-refractivity contribution in [1.82, 2.24) is 14.5 Å². The van der Waals surface area contributed by atoms with E-state index in [4.69, 9.17) is 5.11 Å². The molecule has 0 saturated carbocycles. The van der Waals surface area contributed by atoms with Gasteiger partial charge in [0.05, 0.1) is 17.5 Å². The molecule has 1 aliphatic rings. The second-order valence-corrected chi connectivity index (χ2v) is 7.02. The number of fused-ring (bicyclic) bond motifs is 1. The number of piperazine rings is 1. The lowest BCUT2D eigenvalue weighted by Crippen LogP contribution is -2.48. The highest BCUT2D eigenvalue weighted by Crippen LogP contribution is 2.24. The third kappa shape index (κ3) is 3.55. The first-order valence-corrected chi connectivity index (χ1v) is 9.30. The van der Waals surface area contributed by atoms with Gasteiger partial charge in [0.2, 0.25) is 5.91 Å². The highest BCUT2D eigenvalue weighted by atomic mass is 16.4. The third-order valence-corrected chi connectivity index (χ3v) is 5.17. The van der Waals surface area contributed by atoms with Crippen LogP contribution in [0.4, 0.5) is 5.69 Å². The molecule has 7 heteroatoms. The Bertz CT molecular complexity index is 1040. The van der Waals surface area contributed by atoms with Gasteiger partial charge >= 0.3 is 5.97 Å². The van der Waals surface area contributed by atoms with Crippen LogP contribution >= 0.6 is 0 Å². The zero-order valence-corrected chi connectivity index (χ0v) is 15.7. The summed E-state index contributed by atoms with van der Waals surface area (Å²) < 4.78 is 2.01. The van der Waals surface area contributed by atoms with Gasteiger partial charge in [-0.3, -0.25) is 14.2 Å². The maximum Gasteiger partial charge on any atom is 0.307 e. The highest BCUT2D eigenvalue weighted by molar-refractivity contribution is 5.80. The minimum atomic E-state index is -0.851. The number of carboxylic acids is 1. The monoisotopic (exact) mass is 378 g/mol. The number of aliphatic carboxylic acids is 1. The van der Waals surface area contributed by atoms with E-state index in [1.54, 1.807) is 13.3 Å². The summed E-state index contributed by atoms with van der Waals surface area (Å²) in [7, 11) is 0. The van der Waals surface area contributed by atoms with Crippen LogP contribution in [0.15, 0.2) is 48.8 Å². The van der Waals surface area contributed by atoms with Crippen molar-refractivity contribution < 1.29 is 14.7 Å². The van der Waals surface area contributed by atoms with Gasteiger partial charge in [0.15, 0.2) is 0 Å². The second kappa shape index (κ2) is 7.34. The smallest absolute Gasteiger partial charge is 0.307 e. The van der Waals surface area contributed by atoms with Crippen molar-refractivity contribution in [3.63, 3.8) is 0 Å². The summed E-state index contributed by atoms with van der Waals surface area (Å²) in [5, 5.41) is 8.97. The van der Waals surface area contributed by atoms with Gasteiger partial charge in [-0.05, 0) is 35.9 Å². The number of benzene rings is 2. The molecule has 0 spiro atoms. The number of hydrogen-bond acceptors (Lipinski definition) is 4. The van der Waals surface area contributed by atoms with Crippen molar-refractivity contribution >= 4 is 28.6 Å². The van der Waals surface area contributed by atoms with Gasteiger partial charge in [-0.15, -0.1) is 0 Å². The van der Waals surface area contributed by atoms with E-state index in [0.717, 1.165) is 54.2 Å². The fraction of sp³-hybridized carbons (Fsp3) is 0.286. The minimum absolute atomic E-state index is 0.00940. The van der Waals surface area contributed by atoms with Crippen LogP contribution in [-0.4, -0.2) is 57.6 Å². The van der Waals surface area contributed by atoms with Crippen LogP contribution in [0.2, 0.25) is 0 Å². The van der Waals surface area contributed by atoms with E-state index in [-0.39, 0.29) is 12.3 Å². The molecule has 3 aromatic rings. The Morgan fingerprint density at radius 3 is 2.50 bits per heavy atom. The Morgan fingerprint density at radius 2 is 1.79 bits per heavy atom. The minimum Gasteiger partial charge on any atom is -0.481 e. The number of carboxylic acid groups (broad SMARTS) is 1. The number of nitrogens with zero attached hydrogens (tertiary/aromatic N) is 4. The van der Waals surface area contributed by atoms with Crippen molar-refractivity contribution in [2.24, 2.45) is 0 Å². The van der Waals surface area contributed by atoms with Gasteiger partial charge in [0.1, 0.15) is 6.33 Å². The number of aromatic nitrogens is 2. The molecule has 2 aromatic carbocycles. The molecule has 0 aliphatic carbocycles. The Labute approximate surface area is 162 Å². The molecule has 1 N–H and O–H groups in total. The average Bonchev–Trinajstić information content (AvgIpc) is 3.11. The lowest BCUT2D eigenvalue weighted by atomic mass is 10.1. The van der Waals surface area contributed by atoms with Gasteiger partial charge in [-0.1, -0.05) is 12.1 Å². The summed E-state index contributed by atoms with van der Waals surface area (Å²) in [5.74, 6) is -0.725. The van der Waals surface area contributed by atoms with Crippen LogP contribution in [0.1, 0.15) is 12.5 Å². The van der Waals surface area contributed by atoms with Gasteiger partial charge < -0.3 is 14.9 Å². The van der Waals surface area contributed by atoms with E-state index >= 15 is 0 Å². The summed E-state index contributed by atoms with van der Waals surface area (Å²) in [6.07, 6.45) is 1.76. The van der Waals surface area contributed by atoms with E-state index in [0.29, 0.717) is 0 Å². The molecular weight excluding hydrogens is 356 g/mol. The molecule has 1 aromatic heterocycles. The normalized spacial score (nSPS) is 14.5. The fourth-order valence-corrected chi connectivity index (χ4v) is 3.67. The predicted octanol–water partition coefficient (Wildman–Crippen LogP) is 2.32. The summed E-state index contributed by atoms with van der Waals surface area (Å²) in [5.41, 5.74) is 4.57. The van der Waals surface area contributed by atoms with Gasteiger partial charge in [-0.2, -0.15) is 0 Å². The number of hydrogen-bond donors (Lipinski definition) is 1. The fourth-order valence-electron chi connectivity index (χ4n) is 3.67. The van der Waals surface area contributed by atoms with Crippen LogP contribution in [0.5, 0.6) is 0 Å². The third-order valence-electron chi connectivity index (χ3n) is 5.17. The molecule has 0 atom stereocenters. The first kappa shape index (κ1) is 18.0. The molecule has 0 bridgehead atoms. The lowest BCUT2D eigenvalue weighted by Gasteiger charge is -2.35. The van der Waals surface area contributed by atoms with Crippen molar-refractivity contribution in [2.75, 3.05) is 31.1 Å². The molecule has 1 aliphatic heterocycles.